The number of imidazole rings is 1. The first-order chi connectivity index (χ1) is 10.2. The van der Waals surface area contributed by atoms with Crippen molar-refractivity contribution in [1.29, 1.82) is 0 Å². The number of carboxylic acids is 3. The quantitative estimate of drug-likeness (QED) is 0.328. The van der Waals surface area contributed by atoms with Gasteiger partial charge in [-0.1, -0.05) is 0 Å². The molecule has 0 radical (unpaired) electrons. The van der Waals surface area contributed by atoms with Gasteiger partial charge in [-0.15, -0.1) is 11.8 Å². The van der Waals surface area contributed by atoms with Crippen molar-refractivity contribution in [2.24, 2.45) is 11.5 Å². The van der Waals surface area contributed by atoms with E-state index in [-0.39, 0.29) is 17.9 Å². The van der Waals surface area contributed by atoms with Crippen LogP contribution < -0.4 is 11.5 Å². The van der Waals surface area contributed by atoms with E-state index in [0.717, 1.165) is 17.5 Å². The maximum atomic E-state index is 10.3. The SMILES string of the molecule is NC(Cc1cnc[nH]1)C(=O)O.N[C@H](CSCC(=O)O)C(=O)O. The topological polar surface area (TPSA) is 193 Å². The lowest BCUT2D eigenvalue weighted by Crippen LogP contribution is -2.32. The lowest BCUT2D eigenvalue weighted by molar-refractivity contribution is -0.139. The van der Waals surface area contributed by atoms with E-state index in [4.69, 9.17) is 26.8 Å². The average molecular weight is 334 g/mol. The van der Waals surface area contributed by atoms with Gasteiger partial charge >= 0.3 is 17.9 Å². The minimum atomic E-state index is -1.11. The molecule has 0 saturated heterocycles. The number of nitrogens with zero attached hydrogens (tertiary/aromatic N) is 1. The van der Waals surface area contributed by atoms with Crippen molar-refractivity contribution in [3.05, 3.63) is 18.2 Å². The van der Waals surface area contributed by atoms with E-state index in [2.05, 4.69) is 9.97 Å². The van der Waals surface area contributed by atoms with E-state index in [1.54, 1.807) is 6.20 Å². The molecule has 124 valence electrons. The van der Waals surface area contributed by atoms with Gasteiger partial charge in [-0.2, -0.15) is 0 Å². The fraction of sp³-hybridized carbons (Fsp3) is 0.455. The zero-order valence-corrected chi connectivity index (χ0v) is 12.3. The number of carboxylic acid groups (broad SMARTS) is 3. The summed E-state index contributed by atoms with van der Waals surface area (Å²) in [7, 11) is 0. The molecule has 0 spiro atoms. The summed E-state index contributed by atoms with van der Waals surface area (Å²) < 4.78 is 0. The Kier molecular flexibility index (Phi) is 9.58. The molecule has 8 N–H and O–H groups in total. The number of nitrogens with two attached hydrogens (primary N) is 2. The van der Waals surface area contributed by atoms with Gasteiger partial charge in [0.2, 0.25) is 0 Å². The van der Waals surface area contributed by atoms with Crippen molar-refractivity contribution in [2.75, 3.05) is 11.5 Å². The predicted octanol–water partition coefficient (Wildman–Crippen LogP) is -1.42. The average Bonchev–Trinajstić information content (AvgIpc) is 2.91. The molecular formula is C11H18N4O6S. The Bertz CT molecular complexity index is 481. The van der Waals surface area contributed by atoms with Crippen molar-refractivity contribution >= 4 is 29.7 Å². The summed E-state index contributed by atoms with van der Waals surface area (Å²) in [6, 6.07) is -1.82. The fourth-order valence-electron chi connectivity index (χ4n) is 1.07. The number of H-pyrrole nitrogens is 1. The monoisotopic (exact) mass is 334 g/mol. The molecule has 0 aliphatic heterocycles. The molecule has 0 bridgehead atoms. The highest BCUT2D eigenvalue weighted by Gasteiger charge is 2.12. The number of nitrogens with one attached hydrogen (secondary N) is 1. The summed E-state index contributed by atoms with van der Waals surface area (Å²) in [5, 5.41) is 24.8. The second kappa shape index (κ2) is 10.6. The van der Waals surface area contributed by atoms with Gasteiger partial charge in [0.05, 0.1) is 12.1 Å². The standard InChI is InChI=1S/C6H9N3O2.C5H9NO4S/c7-5(6(10)11)1-4-2-8-3-9-4;6-3(5(9)10)1-11-2-4(7)8/h2-3,5H,1,7H2,(H,8,9)(H,10,11);3H,1-2,6H2,(H,7,8)(H,9,10)/t;3-/m.1/s1. The van der Waals surface area contributed by atoms with Crippen molar-refractivity contribution in [3.8, 4) is 0 Å². The Morgan fingerprint density at radius 1 is 1.18 bits per heavy atom. The van der Waals surface area contributed by atoms with E-state index in [0.29, 0.717) is 0 Å². The highest BCUT2D eigenvalue weighted by atomic mass is 32.2. The zero-order valence-electron chi connectivity index (χ0n) is 11.5. The van der Waals surface area contributed by atoms with Crippen LogP contribution in [0.25, 0.3) is 0 Å². The van der Waals surface area contributed by atoms with E-state index in [1.165, 1.54) is 6.33 Å². The molecule has 0 aromatic carbocycles. The molecular weight excluding hydrogens is 316 g/mol. The highest BCUT2D eigenvalue weighted by molar-refractivity contribution is 8.00. The van der Waals surface area contributed by atoms with Gasteiger partial charge < -0.3 is 31.8 Å². The fourth-order valence-corrected chi connectivity index (χ4v) is 1.75. The molecule has 1 rings (SSSR count). The number of rotatable bonds is 8. The molecule has 1 aromatic heterocycles. The van der Waals surface area contributed by atoms with E-state index < -0.39 is 30.0 Å². The van der Waals surface area contributed by atoms with Crippen LogP contribution in [0.3, 0.4) is 0 Å². The Morgan fingerprint density at radius 2 is 1.77 bits per heavy atom. The Morgan fingerprint density at radius 3 is 2.18 bits per heavy atom. The normalized spacial score (nSPS) is 12.6. The summed E-state index contributed by atoms with van der Waals surface area (Å²) in [6.45, 7) is 0. The molecule has 22 heavy (non-hydrogen) atoms. The summed E-state index contributed by atoms with van der Waals surface area (Å²) >= 11 is 0.992. The smallest absolute Gasteiger partial charge is 0.321 e. The van der Waals surface area contributed by atoms with E-state index >= 15 is 0 Å². The minimum absolute atomic E-state index is 0.110. The molecule has 10 nitrogen and oxygen atoms in total. The van der Waals surface area contributed by atoms with Gasteiger partial charge in [0.15, 0.2) is 0 Å². The van der Waals surface area contributed by atoms with E-state index in [9.17, 15) is 14.4 Å². The van der Waals surface area contributed by atoms with Crippen LogP contribution >= 0.6 is 11.8 Å². The van der Waals surface area contributed by atoms with Crippen LogP contribution in [0, 0.1) is 0 Å². The van der Waals surface area contributed by atoms with Crippen LogP contribution in [-0.4, -0.2) is 66.8 Å². The lowest BCUT2D eigenvalue weighted by Gasteiger charge is -2.02. The number of thioether (sulfide) groups is 1. The van der Waals surface area contributed by atoms with Gasteiger partial charge in [-0.3, -0.25) is 14.4 Å². The molecule has 0 fully saturated rings. The van der Waals surface area contributed by atoms with Gasteiger partial charge in [-0.25, -0.2) is 4.98 Å². The number of aromatic nitrogens is 2. The molecule has 2 atom stereocenters. The first kappa shape index (κ1) is 19.9. The Balaban J connectivity index is 0.000000401. The van der Waals surface area contributed by atoms with Crippen molar-refractivity contribution in [1.82, 2.24) is 9.97 Å². The molecule has 0 aliphatic carbocycles. The summed E-state index contributed by atoms with van der Waals surface area (Å²) in [5.74, 6) is -3.06. The number of hydrogen-bond acceptors (Lipinski definition) is 7. The Labute approximate surface area is 129 Å². The van der Waals surface area contributed by atoms with Crippen LogP contribution in [0.4, 0.5) is 0 Å². The molecule has 11 heteroatoms. The van der Waals surface area contributed by atoms with Crippen LogP contribution in [0.1, 0.15) is 5.69 Å². The van der Waals surface area contributed by atoms with Gasteiger partial charge in [0.25, 0.3) is 0 Å². The minimum Gasteiger partial charge on any atom is -0.481 e. The number of hydrogen-bond donors (Lipinski definition) is 6. The predicted molar refractivity (Wildman–Crippen MR) is 78.5 cm³/mol. The molecule has 0 amide bonds. The zero-order chi connectivity index (χ0) is 17.1. The summed E-state index contributed by atoms with van der Waals surface area (Å²) in [5.41, 5.74) is 11.1. The first-order valence-electron chi connectivity index (χ1n) is 5.97. The van der Waals surface area contributed by atoms with Crippen LogP contribution in [0.15, 0.2) is 12.5 Å². The van der Waals surface area contributed by atoms with Gasteiger partial charge in [0.1, 0.15) is 12.1 Å². The second-order valence-electron chi connectivity index (χ2n) is 4.08. The Hall–Kier alpha value is -2.11. The van der Waals surface area contributed by atoms with Crippen LogP contribution in [0.2, 0.25) is 0 Å². The lowest BCUT2D eigenvalue weighted by atomic mass is 10.2. The van der Waals surface area contributed by atoms with Crippen molar-refractivity contribution in [3.63, 3.8) is 0 Å². The third kappa shape index (κ3) is 9.74. The summed E-state index contributed by atoms with van der Waals surface area (Å²) in [6.07, 6.45) is 3.34. The molecule has 0 saturated carbocycles. The first-order valence-corrected chi connectivity index (χ1v) is 7.13. The van der Waals surface area contributed by atoms with Crippen LogP contribution in [0.5, 0.6) is 0 Å². The molecule has 1 unspecified atom stereocenters. The molecule has 1 aromatic rings. The molecule has 0 aliphatic rings. The third-order valence-electron chi connectivity index (χ3n) is 2.15. The maximum absolute atomic E-state index is 10.3. The summed E-state index contributed by atoms with van der Waals surface area (Å²) in [4.78, 5) is 36.8. The highest BCUT2D eigenvalue weighted by Crippen LogP contribution is 2.00. The van der Waals surface area contributed by atoms with Crippen molar-refractivity contribution < 1.29 is 29.7 Å². The number of aliphatic carboxylic acids is 3. The van der Waals surface area contributed by atoms with Crippen molar-refractivity contribution in [2.45, 2.75) is 18.5 Å². The van der Waals surface area contributed by atoms with E-state index in [1.807, 2.05) is 0 Å². The second-order valence-corrected chi connectivity index (χ2v) is 5.11. The van der Waals surface area contributed by atoms with Crippen LogP contribution in [-0.2, 0) is 20.8 Å². The third-order valence-corrected chi connectivity index (χ3v) is 3.20. The maximum Gasteiger partial charge on any atom is 0.321 e. The number of carbonyl (C=O) groups is 3. The number of aromatic amines is 1. The van der Waals surface area contributed by atoms with Gasteiger partial charge in [0, 0.05) is 24.1 Å². The molecule has 1 heterocycles. The largest absolute Gasteiger partial charge is 0.481 e. The van der Waals surface area contributed by atoms with Gasteiger partial charge in [-0.05, 0) is 0 Å².